The summed E-state index contributed by atoms with van der Waals surface area (Å²) in [7, 11) is 0. The van der Waals surface area contributed by atoms with Gasteiger partial charge in [-0.1, -0.05) is 25.3 Å². The SMILES string of the molecule is CC(C)(C)C(=O)/C=c1\[nH]c(=O)/c(=C\c2csnn2)s1. The highest BCUT2D eigenvalue weighted by molar-refractivity contribution is 7.07. The molecule has 0 unspecified atom stereocenters. The molecule has 0 atom stereocenters. The zero-order chi connectivity index (χ0) is 14.0. The van der Waals surface area contributed by atoms with Gasteiger partial charge in [-0.2, -0.15) is 0 Å². The second kappa shape index (κ2) is 5.18. The van der Waals surface area contributed by atoms with Gasteiger partial charge in [-0.25, -0.2) is 0 Å². The van der Waals surface area contributed by atoms with Crippen LogP contribution in [-0.4, -0.2) is 20.4 Å². The topological polar surface area (TPSA) is 75.7 Å². The number of nitrogens with zero attached hydrogens (tertiary/aromatic N) is 2. The minimum absolute atomic E-state index is 0.0214. The van der Waals surface area contributed by atoms with Crippen molar-refractivity contribution in [1.82, 2.24) is 14.6 Å². The number of rotatable bonds is 2. The zero-order valence-electron chi connectivity index (χ0n) is 10.8. The molecule has 0 aliphatic carbocycles. The predicted molar refractivity (Wildman–Crippen MR) is 76.6 cm³/mol. The van der Waals surface area contributed by atoms with Crippen LogP contribution < -0.4 is 14.8 Å². The van der Waals surface area contributed by atoms with Crippen LogP contribution in [0.25, 0.3) is 12.2 Å². The van der Waals surface area contributed by atoms with Crippen molar-refractivity contribution in [1.29, 1.82) is 0 Å². The fourth-order valence-corrected chi connectivity index (χ4v) is 2.51. The molecule has 0 saturated carbocycles. The summed E-state index contributed by atoms with van der Waals surface area (Å²) in [6, 6.07) is 0. The van der Waals surface area contributed by atoms with Crippen molar-refractivity contribution in [3.8, 4) is 0 Å². The molecule has 0 aromatic carbocycles. The van der Waals surface area contributed by atoms with Gasteiger partial charge in [0.1, 0.15) is 0 Å². The van der Waals surface area contributed by atoms with Crippen LogP contribution in [0.4, 0.5) is 0 Å². The fraction of sp³-hybridized carbons (Fsp3) is 0.333. The van der Waals surface area contributed by atoms with E-state index in [-0.39, 0.29) is 11.3 Å². The van der Waals surface area contributed by atoms with Crippen LogP contribution in [0.15, 0.2) is 10.2 Å². The number of aromatic amines is 1. The molecule has 0 radical (unpaired) electrons. The lowest BCUT2D eigenvalue weighted by Gasteiger charge is -2.12. The fourth-order valence-electron chi connectivity index (χ4n) is 1.23. The van der Waals surface area contributed by atoms with Crippen LogP contribution in [0.2, 0.25) is 0 Å². The number of hydrogen-bond donors (Lipinski definition) is 1. The first-order valence-corrected chi connectivity index (χ1v) is 7.25. The lowest BCUT2D eigenvalue weighted by molar-refractivity contribution is -0.119. The summed E-state index contributed by atoms with van der Waals surface area (Å²) >= 11 is 2.46. The quantitative estimate of drug-likeness (QED) is 0.876. The summed E-state index contributed by atoms with van der Waals surface area (Å²) in [5.41, 5.74) is -0.0270. The molecule has 2 aromatic heterocycles. The maximum atomic E-state index is 11.9. The molecule has 0 saturated heterocycles. The van der Waals surface area contributed by atoms with Gasteiger partial charge in [-0.15, -0.1) is 16.4 Å². The van der Waals surface area contributed by atoms with Crippen LogP contribution in [0.1, 0.15) is 26.5 Å². The third kappa shape index (κ3) is 3.45. The van der Waals surface area contributed by atoms with E-state index in [1.54, 1.807) is 11.5 Å². The number of hydrogen-bond acceptors (Lipinski definition) is 6. The van der Waals surface area contributed by atoms with E-state index in [9.17, 15) is 9.59 Å². The van der Waals surface area contributed by atoms with E-state index in [4.69, 9.17) is 0 Å². The number of nitrogens with one attached hydrogen (secondary N) is 1. The highest BCUT2D eigenvalue weighted by Crippen LogP contribution is 2.14. The molecule has 0 bridgehead atoms. The van der Waals surface area contributed by atoms with Gasteiger partial charge in [0.25, 0.3) is 5.56 Å². The highest BCUT2D eigenvalue weighted by atomic mass is 32.1. The summed E-state index contributed by atoms with van der Waals surface area (Å²) < 4.78 is 4.80. The number of Topliss-reactive ketones (excluding diaryl/α,β-unsaturated/α-hetero) is 1. The van der Waals surface area contributed by atoms with E-state index in [0.717, 1.165) is 0 Å². The molecule has 0 aliphatic heterocycles. The van der Waals surface area contributed by atoms with Crippen LogP contribution in [0.3, 0.4) is 0 Å². The molecule has 2 heterocycles. The minimum Gasteiger partial charge on any atom is -0.313 e. The van der Waals surface area contributed by atoms with Crippen LogP contribution in [0, 0.1) is 5.41 Å². The average Bonchev–Trinajstić information content (AvgIpc) is 2.89. The molecule has 100 valence electrons. The summed E-state index contributed by atoms with van der Waals surface area (Å²) in [5.74, 6) is -0.0214. The first kappa shape index (κ1) is 13.8. The van der Waals surface area contributed by atoms with Crippen LogP contribution in [-0.2, 0) is 4.79 Å². The highest BCUT2D eigenvalue weighted by Gasteiger charge is 2.18. The molecule has 19 heavy (non-hydrogen) atoms. The zero-order valence-corrected chi connectivity index (χ0v) is 12.4. The molecular weight excluding hydrogens is 282 g/mol. The normalized spacial score (nSPS) is 14.1. The van der Waals surface area contributed by atoms with Gasteiger partial charge in [0.15, 0.2) is 5.78 Å². The minimum atomic E-state index is -0.455. The summed E-state index contributed by atoms with van der Waals surface area (Å²) in [6.07, 6.45) is 3.13. The molecule has 0 spiro atoms. The molecule has 0 aliphatic rings. The summed E-state index contributed by atoms with van der Waals surface area (Å²) in [6.45, 7) is 5.52. The molecule has 2 aromatic rings. The van der Waals surface area contributed by atoms with E-state index in [0.29, 0.717) is 14.9 Å². The Hall–Kier alpha value is -1.60. The number of ketones is 1. The lowest BCUT2D eigenvalue weighted by Crippen LogP contribution is -2.22. The van der Waals surface area contributed by atoms with Gasteiger partial charge in [-0.3, -0.25) is 9.59 Å². The molecule has 0 amide bonds. The first-order valence-electron chi connectivity index (χ1n) is 5.60. The van der Waals surface area contributed by atoms with E-state index >= 15 is 0 Å². The monoisotopic (exact) mass is 295 g/mol. The van der Waals surface area contributed by atoms with E-state index in [1.807, 2.05) is 20.8 Å². The third-order valence-electron chi connectivity index (χ3n) is 2.34. The number of carbonyl (C=O) groups is 1. The van der Waals surface area contributed by atoms with Gasteiger partial charge < -0.3 is 4.98 Å². The Morgan fingerprint density at radius 1 is 1.42 bits per heavy atom. The van der Waals surface area contributed by atoms with Crippen molar-refractivity contribution in [3.05, 3.63) is 30.6 Å². The first-order chi connectivity index (χ1) is 8.86. The Labute approximate surface area is 117 Å². The Kier molecular flexibility index (Phi) is 3.77. The van der Waals surface area contributed by atoms with E-state index in [2.05, 4.69) is 14.6 Å². The van der Waals surface area contributed by atoms with Crippen molar-refractivity contribution in [2.45, 2.75) is 20.8 Å². The second-order valence-electron chi connectivity index (χ2n) is 5.02. The maximum absolute atomic E-state index is 11.9. The predicted octanol–water partition coefficient (Wildman–Crippen LogP) is 0.512. The number of aromatic nitrogens is 3. The van der Waals surface area contributed by atoms with E-state index < -0.39 is 5.41 Å². The Morgan fingerprint density at radius 2 is 2.16 bits per heavy atom. The maximum Gasteiger partial charge on any atom is 0.266 e. The lowest BCUT2D eigenvalue weighted by atomic mass is 9.91. The number of carbonyl (C=O) groups excluding carboxylic acids is 1. The van der Waals surface area contributed by atoms with Gasteiger partial charge >= 0.3 is 0 Å². The van der Waals surface area contributed by atoms with Crippen molar-refractivity contribution in [3.63, 3.8) is 0 Å². The average molecular weight is 295 g/mol. The van der Waals surface area contributed by atoms with Crippen molar-refractivity contribution >= 4 is 40.8 Å². The standard InChI is InChI=1S/C12H13N3O2S2/c1-12(2,3)9(16)5-10-13-11(17)8(19-10)4-7-6-18-15-14-7/h4-6H,1-3H3,(H,13,17)/b8-4+,10-5+. The van der Waals surface area contributed by atoms with Gasteiger partial charge in [0.2, 0.25) is 0 Å². The van der Waals surface area contributed by atoms with Crippen LogP contribution >= 0.6 is 22.9 Å². The number of H-pyrrole nitrogens is 1. The largest absolute Gasteiger partial charge is 0.313 e. The molecule has 2 rings (SSSR count). The van der Waals surface area contributed by atoms with Gasteiger partial charge in [0.05, 0.1) is 14.9 Å². The Bertz CT molecular complexity index is 748. The third-order valence-corrected chi connectivity index (χ3v) is 3.82. The van der Waals surface area contributed by atoms with Crippen molar-refractivity contribution in [2.75, 3.05) is 0 Å². The molecular formula is C12H13N3O2S2. The van der Waals surface area contributed by atoms with Crippen molar-refractivity contribution < 1.29 is 4.79 Å². The van der Waals surface area contributed by atoms with Crippen LogP contribution in [0.5, 0.6) is 0 Å². The molecule has 5 nitrogen and oxygen atoms in total. The summed E-state index contributed by atoms with van der Waals surface area (Å²) in [5, 5.41) is 5.60. The molecule has 0 fully saturated rings. The number of thiazole rings is 1. The van der Waals surface area contributed by atoms with E-state index in [1.165, 1.54) is 28.9 Å². The second-order valence-corrected chi connectivity index (χ2v) is 6.71. The van der Waals surface area contributed by atoms with Gasteiger partial charge in [0, 0.05) is 16.9 Å². The Balaban J connectivity index is 2.46. The van der Waals surface area contributed by atoms with Gasteiger partial charge in [-0.05, 0) is 17.6 Å². The molecule has 7 heteroatoms. The Morgan fingerprint density at radius 3 is 2.74 bits per heavy atom. The smallest absolute Gasteiger partial charge is 0.266 e. The summed E-state index contributed by atoms with van der Waals surface area (Å²) in [4.78, 5) is 26.3. The van der Waals surface area contributed by atoms with Crippen molar-refractivity contribution in [2.24, 2.45) is 5.41 Å². The molecule has 1 N–H and O–H groups in total.